The number of nitrogens with zero attached hydrogens (tertiary/aromatic N) is 1. The van der Waals surface area contributed by atoms with Crippen LogP contribution in [0.1, 0.15) is 47.5 Å². The lowest BCUT2D eigenvalue weighted by molar-refractivity contribution is -0.0224. The van der Waals surface area contributed by atoms with Gasteiger partial charge in [-0.3, -0.25) is 4.90 Å². The summed E-state index contributed by atoms with van der Waals surface area (Å²) < 4.78 is 5.66. The van der Waals surface area contributed by atoms with E-state index in [0.29, 0.717) is 12.1 Å². The average molecular weight is 256 g/mol. The van der Waals surface area contributed by atoms with Gasteiger partial charge in [0.2, 0.25) is 0 Å². The van der Waals surface area contributed by atoms with Crippen LogP contribution in [-0.2, 0) is 4.74 Å². The molecule has 0 amide bonds. The number of ether oxygens (including phenoxy) is 1. The second-order valence-electron chi connectivity index (χ2n) is 6.41. The molecule has 0 heterocycles. The van der Waals surface area contributed by atoms with E-state index >= 15 is 0 Å². The zero-order valence-corrected chi connectivity index (χ0v) is 13.1. The smallest absolute Gasteiger partial charge is 0.0787 e. The van der Waals surface area contributed by atoms with Crippen LogP contribution in [0.4, 0.5) is 0 Å². The monoisotopic (exact) mass is 256 g/mol. The third-order valence-electron chi connectivity index (χ3n) is 4.15. The number of hydrogen-bond acceptors (Lipinski definition) is 3. The Balaban J connectivity index is 2.60. The Morgan fingerprint density at radius 2 is 1.94 bits per heavy atom. The van der Waals surface area contributed by atoms with Crippen molar-refractivity contribution in [2.45, 2.75) is 65.1 Å². The van der Waals surface area contributed by atoms with Gasteiger partial charge >= 0.3 is 0 Å². The largest absolute Gasteiger partial charge is 0.377 e. The quantitative estimate of drug-likeness (QED) is 0.686. The Kier molecular flexibility index (Phi) is 6.09. The van der Waals surface area contributed by atoms with E-state index in [1.807, 2.05) is 7.11 Å². The molecular formula is C15H32N2O. The van der Waals surface area contributed by atoms with Crippen molar-refractivity contribution in [1.29, 1.82) is 0 Å². The summed E-state index contributed by atoms with van der Waals surface area (Å²) in [6.45, 7) is 14.4. The highest BCUT2D eigenvalue weighted by atomic mass is 16.5. The lowest BCUT2D eigenvalue weighted by Crippen LogP contribution is -2.55. The topological polar surface area (TPSA) is 24.5 Å². The molecule has 0 spiro atoms. The Morgan fingerprint density at radius 1 is 1.33 bits per heavy atom. The maximum Gasteiger partial charge on any atom is 0.0787 e. The Hall–Kier alpha value is -0.120. The van der Waals surface area contributed by atoms with E-state index in [9.17, 15) is 0 Å². The van der Waals surface area contributed by atoms with Gasteiger partial charge in [0.25, 0.3) is 0 Å². The van der Waals surface area contributed by atoms with Gasteiger partial charge in [0.05, 0.1) is 5.60 Å². The zero-order valence-electron chi connectivity index (χ0n) is 13.1. The number of rotatable bonds is 9. The molecule has 1 saturated carbocycles. The summed E-state index contributed by atoms with van der Waals surface area (Å²) in [5.41, 5.74) is -0.118. The first-order chi connectivity index (χ1) is 8.40. The molecule has 1 atom stereocenters. The van der Waals surface area contributed by atoms with Crippen molar-refractivity contribution in [3.8, 4) is 0 Å². The highest BCUT2D eigenvalue weighted by Crippen LogP contribution is 2.30. The van der Waals surface area contributed by atoms with Crippen LogP contribution in [0.15, 0.2) is 0 Å². The number of methoxy groups -OCH3 is 1. The van der Waals surface area contributed by atoms with Crippen molar-refractivity contribution in [3.05, 3.63) is 0 Å². The van der Waals surface area contributed by atoms with Gasteiger partial charge in [0.1, 0.15) is 0 Å². The standard InChI is InChI=1S/C15H32N2O/c1-7-16-14(15(4,5)18-6)11-17(12(2)3)10-13-8-9-13/h12-14,16H,7-11H2,1-6H3. The van der Waals surface area contributed by atoms with Gasteiger partial charge < -0.3 is 10.1 Å². The fraction of sp³-hybridized carbons (Fsp3) is 1.00. The number of nitrogens with one attached hydrogen (secondary N) is 1. The summed E-state index contributed by atoms with van der Waals surface area (Å²) >= 11 is 0. The van der Waals surface area contributed by atoms with Gasteiger partial charge in [-0.1, -0.05) is 6.92 Å². The number of hydrogen-bond donors (Lipinski definition) is 1. The fourth-order valence-corrected chi connectivity index (χ4v) is 2.28. The van der Waals surface area contributed by atoms with Gasteiger partial charge in [-0.2, -0.15) is 0 Å². The van der Waals surface area contributed by atoms with Crippen LogP contribution in [0.3, 0.4) is 0 Å². The molecule has 18 heavy (non-hydrogen) atoms. The summed E-state index contributed by atoms with van der Waals surface area (Å²) in [6, 6.07) is 0.994. The SMILES string of the molecule is CCNC(CN(CC1CC1)C(C)C)C(C)(C)OC. The summed E-state index contributed by atoms with van der Waals surface area (Å²) in [7, 11) is 1.81. The van der Waals surface area contributed by atoms with Crippen molar-refractivity contribution < 1.29 is 4.74 Å². The van der Waals surface area contributed by atoms with E-state index in [0.717, 1.165) is 19.0 Å². The van der Waals surface area contributed by atoms with E-state index in [4.69, 9.17) is 4.74 Å². The van der Waals surface area contributed by atoms with Crippen LogP contribution in [0.5, 0.6) is 0 Å². The molecule has 1 unspecified atom stereocenters. The molecule has 0 radical (unpaired) electrons. The highest BCUT2D eigenvalue weighted by molar-refractivity contribution is 4.90. The van der Waals surface area contributed by atoms with Crippen molar-refractivity contribution in [2.75, 3.05) is 26.7 Å². The first kappa shape index (κ1) is 15.9. The number of likely N-dealkylation sites (N-methyl/N-ethyl adjacent to an activating group) is 1. The molecule has 1 aliphatic carbocycles. The van der Waals surface area contributed by atoms with Gasteiger partial charge in [-0.05, 0) is 53.0 Å². The van der Waals surface area contributed by atoms with Crippen LogP contribution < -0.4 is 5.32 Å². The van der Waals surface area contributed by atoms with Gasteiger partial charge in [-0.25, -0.2) is 0 Å². The Morgan fingerprint density at radius 3 is 2.33 bits per heavy atom. The molecule has 108 valence electrons. The molecule has 3 nitrogen and oxygen atoms in total. The molecule has 1 rings (SSSR count). The van der Waals surface area contributed by atoms with Crippen LogP contribution in [0.25, 0.3) is 0 Å². The lowest BCUT2D eigenvalue weighted by atomic mass is 9.97. The van der Waals surface area contributed by atoms with E-state index in [2.05, 4.69) is 44.8 Å². The third-order valence-corrected chi connectivity index (χ3v) is 4.15. The predicted octanol–water partition coefficient (Wildman–Crippen LogP) is 2.51. The fourth-order valence-electron chi connectivity index (χ4n) is 2.28. The van der Waals surface area contributed by atoms with Crippen LogP contribution >= 0.6 is 0 Å². The van der Waals surface area contributed by atoms with Crippen LogP contribution in [-0.4, -0.2) is 49.3 Å². The first-order valence-electron chi connectivity index (χ1n) is 7.43. The average Bonchev–Trinajstić information content (AvgIpc) is 3.10. The van der Waals surface area contributed by atoms with E-state index in [1.165, 1.54) is 19.4 Å². The molecule has 1 fully saturated rings. The first-order valence-corrected chi connectivity index (χ1v) is 7.43. The van der Waals surface area contributed by atoms with Gasteiger partial charge in [0.15, 0.2) is 0 Å². The minimum Gasteiger partial charge on any atom is -0.377 e. The summed E-state index contributed by atoms with van der Waals surface area (Å²) in [5, 5.41) is 3.59. The zero-order chi connectivity index (χ0) is 13.8. The van der Waals surface area contributed by atoms with Crippen LogP contribution in [0.2, 0.25) is 0 Å². The van der Waals surface area contributed by atoms with E-state index < -0.39 is 0 Å². The molecule has 0 aromatic carbocycles. The van der Waals surface area contributed by atoms with Crippen LogP contribution in [0, 0.1) is 5.92 Å². The maximum atomic E-state index is 5.66. The van der Waals surface area contributed by atoms with Gasteiger partial charge in [-0.15, -0.1) is 0 Å². The molecule has 0 aromatic rings. The minimum atomic E-state index is -0.118. The van der Waals surface area contributed by atoms with Gasteiger partial charge in [0, 0.05) is 32.3 Å². The Bertz CT molecular complexity index is 237. The van der Waals surface area contributed by atoms with Crippen molar-refractivity contribution >= 4 is 0 Å². The molecule has 1 N–H and O–H groups in total. The lowest BCUT2D eigenvalue weighted by Gasteiger charge is -2.39. The molecule has 0 saturated heterocycles. The van der Waals surface area contributed by atoms with E-state index in [1.54, 1.807) is 0 Å². The maximum absolute atomic E-state index is 5.66. The summed E-state index contributed by atoms with van der Waals surface area (Å²) in [4.78, 5) is 2.60. The Labute approximate surface area is 113 Å². The van der Waals surface area contributed by atoms with E-state index in [-0.39, 0.29) is 5.60 Å². The third kappa shape index (κ3) is 4.87. The predicted molar refractivity (Wildman–Crippen MR) is 78.0 cm³/mol. The second-order valence-corrected chi connectivity index (χ2v) is 6.41. The summed E-state index contributed by atoms with van der Waals surface area (Å²) in [6.07, 6.45) is 2.84. The van der Waals surface area contributed by atoms with Crippen molar-refractivity contribution in [3.63, 3.8) is 0 Å². The summed E-state index contributed by atoms with van der Waals surface area (Å²) in [5.74, 6) is 0.945. The second kappa shape index (κ2) is 6.88. The van der Waals surface area contributed by atoms with Crippen molar-refractivity contribution in [2.24, 2.45) is 5.92 Å². The van der Waals surface area contributed by atoms with Crippen molar-refractivity contribution in [1.82, 2.24) is 10.2 Å². The molecule has 1 aliphatic rings. The molecular weight excluding hydrogens is 224 g/mol. The minimum absolute atomic E-state index is 0.118. The molecule has 0 aromatic heterocycles. The highest BCUT2D eigenvalue weighted by Gasteiger charge is 2.33. The molecule has 0 bridgehead atoms. The molecule has 3 heteroatoms. The normalized spacial score (nSPS) is 18.7. The molecule has 0 aliphatic heterocycles.